The Morgan fingerprint density at radius 1 is 1.18 bits per heavy atom. The smallest absolute Gasteiger partial charge is 0.270 e. The van der Waals surface area contributed by atoms with E-state index in [0.29, 0.717) is 49.4 Å². The lowest BCUT2D eigenvalue weighted by Gasteiger charge is -2.34. The second kappa shape index (κ2) is 8.50. The summed E-state index contributed by atoms with van der Waals surface area (Å²) in [6, 6.07) is 3.73. The van der Waals surface area contributed by atoms with Crippen LogP contribution < -0.4 is 10.1 Å². The van der Waals surface area contributed by atoms with Gasteiger partial charge in [-0.05, 0) is 63.4 Å². The van der Waals surface area contributed by atoms with Gasteiger partial charge >= 0.3 is 0 Å². The van der Waals surface area contributed by atoms with Gasteiger partial charge in [0.05, 0.1) is 6.61 Å². The molecule has 2 fully saturated rings. The highest BCUT2D eigenvalue weighted by atomic mass is 16.5. The Morgan fingerprint density at radius 2 is 1.86 bits per heavy atom. The lowest BCUT2D eigenvalue weighted by atomic mass is 9.90. The van der Waals surface area contributed by atoms with Gasteiger partial charge in [0.1, 0.15) is 11.2 Å². The molecule has 0 spiro atoms. The maximum Gasteiger partial charge on any atom is 0.270 e. The average molecular weight is 388 g/mol. The summed E-state index contributed by atoms with van der Waals surface area (Å²) in [7, 11) is 1.76. The molecular formula is C22H33N3O3. The zero-order chi connectivity index (χ0) is 20.3. The van der Waals surface area contributed by atoms with E-state index in [9.17, 15) is 9.59 Å². The van der Waals surface area contributed by atoms with Gasteiger partial charge in [-0.1, -0.05) is 19.9 Å². The van der Waals surface area contributed by atoms with Crippen molar-refractivity contribution in [2.75, 3.05) is 20.2 Å². The van der Waals surface area contributed by atoms with Crippen LogP contribution in [0.2, 0.25) is 0 Å². The molecule has 2 aliphatic rings. The number of nitrogens with zero attached hydrogens (tertiary/aromatic N) is 2. The molecule has 6 heteroatoms. The molecule has 3 rings (SSSR count). The van der Waals surface area contributed by atoms with E-state index in [2.05, 4.69) is 10.3 Å². The molecule has 6 nitrogen and oxygen atoms in total. The van der Waals surface area contributed by atoms with Gasteiger partial charge in [0, 0.05) is 19.2 Å². The zero-order valence-electron chi connectivity index (χ0n) is 17.6. The first-order chi connectivity index (χ1) is 13.4. The van der Waals surface area contributed by atoms with Crippen LogP contribution in [0.5, 0.6) is 5.88 Å². The van der Waals surface area contributed by atoms with E-state index in [0.717, 1.165) is 18.4 Å². The third kappa shape index (κ3) is 4.47. The predicted octanol–water partition coefficient (Wildman–Crippen LogP) is 3.51. The minimum Gasteiger partial charge on any atom is -0.477 e. The summed E-state index contributed by atoms with van der Waals surface area (Å²) in [4.78, 5) is 32.1. The van der Waals surface area contributed by atoms with Gasteiger partial charge in [-0.15, -0.1) is 0 Å². The van der Waals surface area contributed by atoms with Crippen LogP contribution in [0.3, 0.4) is 0 Å². The standard InChI is InChI=1S/C22H33N3O3/c1-5-22(6-2,21(27)25(4)7-3)24-19(26)18-13-12-17(16-10-11-16)20(23-18)28-14-15-8-9-15/h12-13,15-16H,5-11,14H2,1-4H3,(H,24,26). The summed E-state index contributed by atoms with van der Waals surface area (Å²) in [6.07, 6.45) is 5.79. The molecule has 1 aromatic rings. The number of hydrogen-bond donors (Lipinski definition) is 1. The number of nitrogens with one attached hydrogen (secondary N) is 1. The lowest BCUT2D eigenvalue weighted by Crippen LogP contribution is -2.58. The number of hydrogen-bond acceptors (Lipinski definition) is 4. The number of ether oxygens (including phenoxy) is 1. The van der Waals surface area contributed by atoms with Crippen molar-refractivity contribution in [3.8, 4) is 5.88 Å². The molecule has 1 aromatic heterocycles. The summed E-state index contributed by atoms with van der Waals surface area (Å²) in [6.45, 7) is 7.06. The third-order valence-corrected chi connectivity index (χ3v) is 6.08. The number of aromatic nitrogens is 1. The van der Waals surface area contributed by atoms with Crippen molar-refractivity contribution < 1.29 is 14.3 Å². The molecule has 0 saturated heterocycles. The van der Waals surface area contributed by atoms with Gasteiger partial charge in [-0.2, -0.15) is 0 Å². The van der Waals surface area contributed by atoms with Crippen LogP contribution in [0.25, 0.3) is 0 Å². The number of carbonyl (C=O) groups is 2. The first-order valence-electron chi connectivity index (χ1n) is 10.7. The molecule has 0 aliphatic heterocycles. The van der Waals surface area contributed by atoms with Crippen LogP contribution in [0.1, 0.15) is 81.3 Å². The maximum atomic E-state index is 13.0. The molecule has 1 N–H and O–H groups in total. The predicted molar refractivity (Wildman–Crippen MR) is 109 cm³/mol. The lowest BCUT2D eigenvalue weighted by molar-refractivity contribution is -0.136. The van der Waals surface area contributed by atoms with Crippen molar-refractivity contribution in [1.29, 1.82) is 0 Å². The Hall–Kier alpha value is -2.11. The molecule has 0 aromatic carbocycles. The molecule has 0 radical (unpaired) electrons. The molecule has 154 valence electrons. The Balaban J connectivity index is 1.79. The molecule has 1 heterocycles. The molecule has 2 saturated carbocycles. The molecule has 0 bridgehead atoms. The van der Waals surface area contributed by atoms with Crippen molar-refractivity contribution in [3.63, 3.8) is 0 Å². The van der Waals surface area contributed by atoms with Gasteiger partial charge in [0.15, 0.2) is 0 Å². The average Bonchev–Trinajstić information content (AvgIpc) is 3.63. The third-order valence-electron chi connectivity index (χ3n) is 6.08. The second-order valence-electron chi connectivity index (χ2n) is 8.18. The fourth-order valence-corrected chi connectivity index (χ4v) is 3.45. The minimum atomic E-state index is -0.909. The highest BCUT2D eigenvalue weighted by Gasteiger charge is 2.39. The maximum absolute atomic E-state index is 13.0. The number of carbonyl (C=O) groups excluding carboxylic acids is 2. The highest BCUT2D eigenvalue weighted by molar-refractivity contribution is 5.98. The molecule has 2 aliphatic carbocycles. The summed E-state index contributed by atoms with van der Waals surface area (Å²) in [5, 5.41) is 2.98. The van der Waals surface area contributed by atoms with E-state index in [-0.39, 0.29) is 11.8 Å². The van der Waals surface area contributed by atoms with Gasteiger partial charge in [-0.3, -0.25) is 9.59 Å². The molecular weight excluding hydrogens is 354 g/mol. The molecule has 28 heavy (non-hydrogen) atoms. The van der Waals surface area contributed by atoms with Gasteiger partial charge in [0.25, 0.3) is 5.91 Å². The van der Waals surface area contributed by atoms with Crippen molar-refractivity contribution in [3.05, 3.63) is 23.4 Å². The van der Waals surface area contributed by atoms with E-state index >= 15 is 0 Å². The van der Waals surface area contributed by atoms with Crippen LogP contribution in [-0.4, -0.2) is 47.4 Å². The fourth-order valence-electron chi connectivity index (χ4n) is 3.45. The number of amides is 2. The quantitative estimate of drug-likeness (QED) is 0.667. The van der Waals surface area contributed by atoms with E-state index < -0.39 is 5.54 Å². The first kappa shape index (κ1) is 20.6. The molecule has 2 amide bonds. The topological polar surface area (TPSA) is 71.5 Å². The Kier molecular flexibility index (Phi) is 6.26. The molecule has 0 atom stereocenters. The second-order valence-corrected chi connectivity index (χ2v) is 8.18. The van der Waals surface area contributed by atoms with Gasteiger partial charge in [-0.25, -0.2) is 4.98 Å². The zero-order valence-corrected chi connectivity index (χ0v) is 17.6. The Labute approximate surface area is 168 Å². The van der Waals surface area contributed by atoms with Crippen LogP contribution >= 0.6 is 0 Å². The summed E-state index contributed by atoms with van der Waals surface area (Å²) < 4.78 is 5.97. The summed E-state index contributed by atoms with van der Waals surface area (Å²) >= 11 is 0. The van der Waals surface area contributed by atoms with Crippen molar-refractivity contribution >= 4 is 11.8 Å². The molecule has 0 unspecified atom stereocenters. The van der Waals surface area contributed by atoms with E-state index in [1.807, 2.05) is 26.8 Å². The van der Waals surface area contributed by atoms with E-state index in [4.69, 9.17) is 4.74 Å². The van der Waals surface area contributed by atoms with Crippen LogP contribution in [0.4, 0.5) is 0 Å². The summed E-state index contributed by atoms with van der Waals surface area (Å²) in [5.41, 5.74) is 0.512. The minimum absolute atomic E-state index is 0.0619. The van der Waals surface area contributed by atoms with Crippen molar-refractivity contribution in [2.45, 2.75) is 70.8 Å². The largest absolute Gasteiger partial charge is 0.477 e. The van der Waals surface area contributed by atoms with E-state index in [1.165, 1.54) is 12.8 Å². The van der Waals surface area contributed by atoms with Crippen LogP contribution in [0, 0.1) is 5.92 Å². The summed E-state index contributed by atoms with van der Waals surface area (Å²) in [5.74, 6) is 1.34. The fraction of sp³-hybridized carbons (Fsp3) is 0.682. The normalized spacial score (nSPS) is 16.6. The monoisotopic (exact) mass is 387 g/mol. The Morgan fingerprint density at radius 3 is 2.39 bits per heavy atom. The van der Waals surface area contributed by atoms with Crippen molar-refractivity contribution in [2.24, 2.45) is 5.92 Å². The van der Waals surface area contributed by atoms with Crippen molar-refractivity contribution in [1.82, 2.24) is 15.2 Å². The number of likely N-dealkylation sites (N-methyl/N-ethyl adjacent to an activating group) is 1. The van der Waals surface area contributed by atoms with E-state index in [1.54, 1.807) is 18.0 Å². The van der Waals surface area contributed by atoms with Gasteiger partial charge in [0.2, 0.25) is 11.8 Å². The van der Waals surface area contributed by atoms with Crippen LogP contribution in [-0.2, 0) is 4.79 Å². The van der Waals surface area contributed by atoms with Crippen LogP contribution in [0.15, 0.2) is 12.1 Å². The number of pyridine rings is 1. The number of rotatable bonds is 10. The highest BCUT2D eigenvalue weighted by Crippen LogP contribution is 2.44. The van der Waals surface area contributed by atoms with Gasteiger partial charge < -0.3 is 15.0 Å². The Bertz CT molecular complexity index is 722. The first-order valence-corrected chi connectivity index (χ1v) is 10.7. The SMILES string of the molecule is CCN(C)C(=O)C(CC)(CC)NC(=O)c1ccc(C2CC2)c(OCC2CC2)n1.